The molecule has 0 radical (unpaired) electrons. The summed E-state index contributed by atoms with van der Waals surface area (Å²) >= 11 is 0. The summed E-state index contributed by atoms with van der Waals surface area (Å²) in [6.07, 6.45) is 3.09. The van der Waals surface area contributed by atoms with Crippen LogP contribution in [-0.2, 0) is 13.1 Å². The van der Waals surface area contributed by atoms with Gasteiger partial charge in [-0.25, -0.2) is 14.3 Å². The Bertz CT molecular complexity index is 1080. The van der Waals surface area contributed by atoms with Crippen molar-refractivity contribution in [2.24, 2.45) is 0 Å². The molecule has 1 saturated heterocycles. The maximum absolute atomic E-state index is 12.8. The normalized spacial score (nSPS) is 16.0. The molecule has 1 aromatic carbocycles. The number of hydrogen-bond acceptors (Lipinski definition) is 6. The Hall–Kier alpha value is -3.24. The second-order valence-electron chi connectivity index (χ2n) is 7.27. The third-order valence-corrected chi connectivity index (χ3v) is 5.19. The topological polar surface area (TPSA) is 134 Å². The monoisotopic (exact) mass is 398 g/mol. The zero-order chi connectivity index (χ0) is 20.4. The van der Waals surface area contributed by atoms with Crippen molar-refractivity contribution in [2.75, 3.05) is 13.1 Å². The second-order valence-corrected chi connectivity index (χ2v) is 7.27. The van der Waals surface area contributed by atoms with E-state index in [0.29, 0.717) is 31.6 Å². The van der Waals surface area contributed by atoms with E-state index in [0.717, 1.165) is 11.1 Å². The van der Waals surface area contributed by atoms with Crippen LogP contribution < -0.4 is 16.2 Å². The molecular weight excluding hydrogens is 376 g/mol. The number of aliphatic hydroxyl groups is 1. The number of carboxylic acid groups (broad SMARTS) is 1. The van der Waals surface area contributed by atoms with Crippen molar-refractivity contribution in [1.82, 2.24) is 29.8 Å². The third-order valence-electron chi connectivity index (χ3n) is 5.19. The molecule has 0 saturated carbocycles. The fraction of sp³-hybridized carbons (Fsp3) is 0.368. The lowest BCUT2D eigenvalue weighted by atomic mass is 9.92. The van der Waals surface area contributed by atoms with Crippen LogP contribution in [0.2, 0.25) is 0 Å². The number of aromatic nitrogens is 4. The van der Waals surface area contributed by atoms with Crippen molar-refractivity contribution in [2.45, 2.75) is 31.5 Å². The molecule has 3 heterocycles. The highest BCUT2D eigenvalue weighted by Gasteiger charge is 2.30. The summed E-state index contributed by atoms with van der Waals surface area (Å²) in [6.45, 7) is 1.83. The van der Waals surface area contributed by atoms with Crippen LogP contribution in [0.3, 0.4) is 0 Å². The lowest BCUT2D eigenvalue weighted by molar-refractivity contribution is -0.00643. The number of imidazole rings is 1. The summed E-state index contributed by atoms with van der Waals surface area (Å²) in [6, 6.07) is 7.26. The van der Waals surface area contributed by atoms with E-state index in [1.165, 1.54) is 15.4 Å². The predicted octanol–water partition coefficient (Wildman–Crippen LogP) is 0.440. The molecule has 10 nitrogen and oxygen atoms in total. The largest absolute Gasteiger partial charge is 0.465 e. The Labute approximate surface area is 165 Å². The average Bonchev–Trinajstić information content (AvgIpc) is 3.14. The first-order valence-electron chi connectivity index (χ1n) is 9.38. The van der Waals surface area contributed by atoms with Gasteiger partial charge in [-0.1, -0.05) is 24.3 Å². The maximum atomic E-state index is 12.8. The summed E-state index contributed by atoms with van der Waals surface area (Å²) in [4.78, 5) is 27.7. The van der Waals surface area contributed by atoms with Gasteiger partial charge in [0.15, 0.2) is 0 Å². The molecule has 1 aliphatic heterocycles. The zero-order valence-electron chi connectivity index (χ0n) is 15.7. The van der Waals surface area contributed by atoms with Crippen molar-refractivity contribution in [3.05, 3.63) is 52.7 Å². The van der Waals surface area contributed by atoms with Crippen LogP contribution in [0.25, 0.3) is 16.9 Å². The molecule has 0 bridgehead atoms. The van der Waals surface area contributed by atoms with E-state index < -0.39 is 11.7 Å². The molecule has 4 rings (SSSR count). The Morgan fingerprint density at radius 1 is 1.24 bits per heavy atom. The SMILES string of the molecule is O=C(O)NCc1ccc(-c2cnc3c(=O)n(CC4(O)CCNCC4)cnn23)cc1. The van der Waals surface area contributed by atoms with Gasteiger partial charge in [0.25, 0.3) is 5.56 Å². The van der Waals surface area contributed by atoms with Gasteiger partial charge in [0.05, 0.1) is 24.0 Å². The van der Waals surface area contributed by atoms with Crippen LogP contribution in [0.4, 0.5) is 4.79 Å². The molecule has 0 spiro atoms. The molecule has 1 fully saturated rings. The molecular formula is C19H22N6O4. The Kier molecular flexibility index (Phi) is 5.03. The molecule has 1 amide bonds. The molecule has 10 heteroatoms. The third kappa shape index (κ3) is 3.98. The zero-order valence-corrected chi connectivity index (χ0v) is 15.7. The van der Waals surface area contributed by atoms with E-state index in [9.17, 15) is 14.7 Å². The highest BCUT2D eigenvalue weighted by molar-refractivity contribution is 5.65. The fourth-order valence-electron chi connectivity index (χ4n) is 3.55. The molecule has 1 aliphatic rings. The van der Waals surface area contributed by atoms with Crippen LogP contribution >= 0.6 is 0 Å². The van der Waals surface area contributed by atoms with Crippen molar-refractivity contribution >= 4 is 11.7 Å². The highest BCUT2D eigenvalue weighted by atomic mass is 16.4. The average molecular weight is 398 g/mol. The number of hydrogen-bond donors (Lipinski definition) is 4. The lowest BCUT2D eigenvalue weighted by Crippen LogP contribution is -2.46. The fourth-order valence-corrected chi connectivity index (χ4v) is 3.55. The number of fused-ring (bicyclic) bond motifs is 1. The molecule has 152 valence electrons. The molecule has 29 heavy (non-hydrogen) atoms. The number of piperidine rings is 1. The van der Waals surface area contributed by atoms with Crippen molar-refractivity contribution in [1.29, 1.82) is 0 Å². The molecule has 0 atom stereocenters. The van der Waals surface area contributed by atoms with Gasteiger partial charge < -0.3 is 20.8 Å². The van der Waals surface area contributed by atoms with Gasteiger partial charge in [0.1, 0.15) is 6.33 Å². The van der Waals surface area contributed by atoms with E-state index >= 15 is 0 Å². The summed E-state index contributed by atoms with van der Waals surface area (Å²) in [7, 11) is 0. The molecule has 3 aromatic rings. The number of nitrogens with zero attached hydrogens (tertiary/aromatic N) is 4. The van der Waals surface area contributed by atoms with Gasteiger partial charge in [-0.2, -0.15) is 5.10 Å². The van der Waals surface area contributed by atoms with Crippen LogP contribution in [-0.4, -0.2) is 54.2 Å². The number of benzene rings is 1. The van der Waals surface area contributed by atoms with E-state index in [2.05, 4.69) is 20.7 Å². The lowest BCUT2D eigenvalue weighted by Gasteiger charge is -2.32. The Balaban J connectivity index is 1.60. The first-order valence-corrected chi connectivity index (χ1v) is 9.38. The minimum absolute atomic E-state index is 0.185. The summed E-state index contributed by atoms with van der Waals surface area (Å²) in [5.41, 5.74) is 1.23. The van der Waals surface area contributed by atoms with Gasteiger partial charge in [0.2, 0.25) is 5.65 Å². The van der Waals surface area contributed by atoms with Gasteiger partial charge in [-0.3, -0.25) is 9.36 Å². The molecule has 0 aliphatic carbocycles. The van der Waals surface area contributed by atoms with Gasteiger partial charge in [-0.05, 0) is 31.5 Å². The summed E-state index contributed by atoms with van der Waals surface area (Å²) in [5, 5.41) is 29.3. The van der Waals surface area contributed by atoms with Crippen molar-refractivity contribution < 1.29 is 15.0 Å². The van der Waals surface area contributed by atoms with Crippen molar-refractivity contribution in [3.8, 4) is 11.3 Å². The van der Waals surface area contributed by atoms with Crippen LogP contribution in [0.1, 0.15) is 18.4 Å². The van der Waals surface area contributed by atoms with Gasteiger partial charge >= 0.3 is 6.09 Å². The van der Waals surface area contributed by atoms with E-state index in [4.69, 9.17) is 5.11 Å². The van der Waals surface area contributed by atoms with Gasteiger partial charge in [0, 0.05) is 12.1 Å². The minimum atomic E-state index is -1.08. The summed E-state index contributed by atoms with van der Waals surface area (Å²) in [5.74, 6) is 0. The van der Waals surface area contributed by atoms with Crippen molar-refractivity contribution in [3.63, 3.8) is 0 Å². The van der Waals surface area contributed by atoms with E-state index in [-0.39, 0.29) is 24.3 Å². The summed E-state index contributed by atoms with van der Waals surface area (Å²) < 4.78 is 2.90. The van der Waals surface area contributed by atoms with Crippen LogP contribution in [0, 0.1) is 0 Å². The smallest absolute Gasteiger partial charge is 0.404 e. The van der Waals surface area contributed by atoms with Gasteiger partial charge in [-0.15, -0.1) is 0 Å². The van der Waals surface area contributed by atoms with E-state index in [1.54, 1.807) is 18.3 Å². The first-order chi connectivity index (χ1) is 14.0. The quantitative estimate of drug-likeness (QED) is 0.490. The molecule has 0 unspecified atom stereocenters. The standard InChI is InChI=1S/C19H22N6O4/c26-17-16-21-10-15(14-3-1-13(2-4-14)9-22-18(27)28)25(16)23-12-24(17)11-19(29)5-7-20-8-6-19/h1-4,10,12,20,22,29H,5-9,11H2,(H,27,28). The molecule has 4 N–H and O–H groups in total. The van der Waals surface area contributed by atoms with E-state index in [1.807, 2.05) is 12.1 Å². The Morgan fingerprint density at radius 3 is 2.66 bits per heavy atom. The Morgan fingerprint density at radius 2 is 1.97 bits per heavy atom. The number of nitrogens with one attached hydrogen (secondary N) is 2. The number of carbonyl (C=O) groups is 1. The minimum Gasteiger partial charge on any atom is -0.465 e. The number of rotatable bonds is 5. The van der Waals surface area contributed by atoms with Crippen LogP contribution in [0.15, 0.2) is 41.6 Å². The highest BCUT2D eigenvalue weighted by Crippen LogP contribution is 2.21. The van der Waals surface area contributed by atoms with Crippen LogP contribution in [0.5, 0.6) is 0 Å². The first kappa shape index (κ1) is 19.1. The molecule has 2 aromatic heterocycles. The predicted molar refractivity (Wildman–Crippen MR) is 105 cm³/mol. The number of amides is 1. The maximum Gasteiger partial charge on any atom is 0.404 e. The second kappa shape index (κ2) is 7.64.